The molecular formula is C29H37FN3O7P. The van der Waals surface area contributed by atoms with Crippen LogP contribution in [0.3, 0.4) is 0 Å². The number of para-hydroxylation sites is 1. The number of benzene rings is 2. The molecule has 0 radical (unpaired) electrons. The average Bonchev–Trinajstić information content (AvgIpc) is 3.16. The number of hydrogen-bond donors (Lipinski definition) is 2. The predicted molar refractivity (Wildman–Crippen MR) is 153 cm³/mol. The molecule has 1 aliphatic rings. The second-order valence-corrected chi connectivity index (χ2v) is 12.5. The summed E-state index contributed by atoms with van der Waals surface area (Å²) in [7, 11) is -3.99. The summed E-state index contributed by atoms with van der Waals surface area (Å²) in [6, 6.07) is 17.0. The molecule has 0 amide bonds. The SMILES string of the molecule is Cc1ccc(CO[C@@H]2[C@@H](COP(=O)(N[C@@H](C)C(C)C)Oc3ccccc3)O[C@@H](n3ccc(=O)[nH]c3=O)[C@]2(C)F)cc1. The van der Waals surface area contributed by atoms with E-state index in [4.69, 9.17) is 18.5 Å². The molecule has 1 fully saturated rings. The van der Waals surface area contributed by atoms with Crippen molar-refractivity contribution in [3.63, 3.8) is 0 Å². The largest absolute Gasteiger partial charge is 0.459 e. The Balaban J connectivity index is 1.61. The third kappa shape index (κ3) is 7.61. The lowest BCUT2D eigenvalue weighted by molar-refractivity contribution is -0.0656. The number of aryl methyl sites for hydroxylation is 1. The number of ether oxygens (including phenoxy) is 2. The second-order valence-electron chi connectivity index (χ2n) is 10.8. The fourth-order valence-corrected chi connectivity index (χ4v) is 6.09. The topological polar surface area (TPSA) is 121 Å². The van der Waals surface area contributed by atoms with Crippen molar-refractivity contribution in [3.8, 4) is 5.75 Å². The van der Waals surface area contributed by atoms with Crippen molar-refractivity contribution in [2.45, 2.75) is 71.4 Å². The van der Waals surface area contributed by atoms with E-state index >= 15 is 4.39 Å². The lowest BCUT2D eigenvalue weighted by Crippen LogP contribution is -2.45. The molecule has 3 aromatic rings. The first-order valence-corrected chi connectivity index (χ1v) is 15.0. The summed E-state index contributed by atoms with van der Waals surface area (Å²) in [6.45, 7) is 8.66. The van der Waals surface area contributed by atoms with E-state index in [9.17, 15) is 14.2 Å². The quantitative estimate of drug-likeness (QED) is 0.287. The maximum atomic E-state index is 16.5. The Labute approximate surface area is 238 Å². The molecule has 0 bridgehead atoms. The normalized spacial score (nSPS) is 24.7. The summed E-state index contributed by atoms with van der Waals surface area (Å²) < 4.78 is 55.2. The molecule has 4 rings (SSSR count). The lowest BCUT2D eigenvalue weighted by Gasteiger charge is -2.29. The number of alkyl halides is 1. The van der Waals surface area contributed by atoms with Crippen LogP contribution in [0.1, 0.15) is 45.0 Å². The second kappa shape index (κ2) is 12.8. The molecule has 2 heterocycles. The third-order valence-electron chi connectivity index (χ3n) is 7.07. The van der Waals surface area contributed by atoms with Crippen LogP contribution in [0.4, 0.5) is 4.39 Å². The number of nitrogens with zero attached hydrogens (tertiary/aromatic N) is 1. The molecule has 0 aliphatic carbocycles. The van der Waals surface area contributed by atoms with E-state index in [0.717, 1.165) is 21.8 Å². The number of hydrogen-bond acceptors (Lipinski definition) is 7. The fourth-order valence-electron chi connectivity index (χ4n) is 4.37. The van der Waals surface area contributed by atoms with Crippen LogP contribution in [-0.2, 0) is 25.2 Å². The first kappa shape index (κ1) is 30.9. The highest BCUT2D eigenvalue weighted by Crippen LogP contribution is 2.48. The zero-order chi connectivity index (χ0) is 29.8. The number of nitrogens with one attached hydrogen (secondary N) is 2. The summed E-state index contributed by atoms with van der Waals surface area (Å²) in [5.41, 5.74) is -1.84. The molecular weight excluding hydrogens is 552 g/mol. The maximum Gasteiger partial charge on any atom is 0.459 e. The standard InChI is InChI=1S/C29H37FN3O7P/c1-19(2)21(4)32-41(36,40-23-9-7-6-8-10-23)38-18-24-26(37-17-22-13-11-20(3)12-14-22)29(5,30)27(39-24)33-16-15-25(34)31-28(33)35/h6-16,19,21,24,26-27H,17-18H2,1-5H3,(H,32,36)(H,31,34,35)/t21-,24+,26+,27+,29+,41?/m0/s1. The number of halogens is 1. The lowest BCUT2D eigenvalue weighted by atomic mass is 9.98. The number of H-pyrrole nitrogens is 1. The summed E-state index contributed by atoms with van der Waals surface area (Å²) in [4.78, 5) is 26.3. The van der Waals surface area contributed by atoms with E-state index in [0.29, 0.717) is 5.75 Å². The van der Waals surface area contributed by atoms with Gasteiger partial charge in [0, 0.05) is 18.3 Å². The predicted octanol–water partition coefficient (Wildman–Crippen LogP) is 4.89. The summed E-state index contributed by atoms with van der Waals surface area (Å²) >= 11 is 0. The van der Waals surface area contributed by atoms with Crippen molar-refractivity contribution in [1.82, 2.24) is 14.6 Å². The van der Waals surface area contributed by atoms with Crippen LogP contribution >= 0.6 is 7.75 Å². The summed E-state index contributed by atoms with van der Waals surface area (Å²) in [5.74, 6) is 0.428. The van der Waals surface area contributed by atoms with Crippen LogP contribution in [0.2, 0.25) is 0 Å². The van der Waals surface area contributed by atoms with Gasteiger partial charge >= 0.3 is 13.4 Å². The van der Waals surface area contributed by atoms with Gasteiger partial charge in [-0.15, -0.1) is 0 Å². The first-order chi connectivity index (χ1) is 19.4. The van der Waals surface area contributed by atoms with Gasteiger partial charge in [-0.2, -0.15) is 0 Å². The zero-order valence-electron chi connectivity index (χ0n) is 23.8. The van der Waals surface area contributed by atoms with Gasteiger partial charge in [0.05, 0.1) is 13.2 Å². The minimum atomic E-state index is -3.99. The Morgan fingerprint density at radius 1 is 1.10 bits per heavy atom. The van der Waals surface area contributed by atoms with Gasteiger partial charge in [0.15, 0.2) is 11.9 Å². The Morgan fingerprint density at radius 2 is 1.78 bits per heavy atom. The summed E-state index contributed by atoms with van der Waals surface area (Å²) in [5, 5.41) is 2.95. The smallest absolute Gasteiger partial charge is 0.413 e. The van der Waals surface area contributed by atoms with Crippen LogP contribution in [0.15, 0.2) is 76.4 Å². The number of rotatable bonds is 12. The Kier molecular flexibility index (Phi) is 9.66. The van der Waals surface area contributed by atoms with E-state index in [2.05, 4.69) is 10.1 Å². The van der Waals surface area contributed by atoms with Gasteiger partial charge in [-0.1, -0.05) is 61.9 Å². The van der Waals surface area contributed by atoms with E-state index in [1.807, 2.05) is 52.0 Å². The van der Waals surface area contributed by atoms with Crippen molar-refractivity contribution in [3.05, 3.63) is 98.8 Å². The molecule has 0 spiro atoms. The molecule has 2 aromatic carbocycles. The highest BCUT2D eigenvalue weighted by molar-refractivity contribution is 7.52. The van der Waals surface area contributed by atoms with E-state index in [-0.39, 0.29) is 25.2 Å². The fraction of sp³-hybridized carbons (Fsp3) is 0.448. The van der Waals surface area contributed by atoms with Gasteiger partial charge in [0.2, 0.25) is 0 Å². The van der Waals surface area contributed by atoms with Gasteiger partial charge in [0.1, 0.15) is 18.0 Å². The molecule has 2 N–H and O–H groups in total. The first-order valence-electron chi connectivity index (χ1n) is 13.5. The van der Waals surface area contributed by atoms with Crippen LogP contribution in [0.5, 0.6) is 5.75 Å². The monoisotopic (exact) mass is 589 g/mol. The molecule has 1 aromatic heterocycles. The highest BCUT2D eigenvalue weighted by Gasteiger charge is 2.57. The van der Waals surface area contributed by atoms with Crippen molar-refractivity contribution < 1.29 is 27.5 Å². The maximum absolute atomic E-state index is 16.5. The molecule has 0 saturated carbocycles. The van der Waals surface area contributed by atoms with Gasteiger partial charge in [-0.05, 0) is 44.4 Å². The highest BCUT2D eigenvalue weighted by atomic mass is 31.2. The van der Waals surface area contributed by atoms with Gasteiger partial charge in [-0.25, -0.2) is 18.8 Å². The van der Waals surface area contributed by atoms with E-state index < -0.39 is 43.1 Å². The van der Waals surface area contributed by atoms with Crippen molar-refractivity contribution in [2.24, 2.45) is 5.92 Å². The molecule has 6 atom stereocenters. The summed E-state index contributed by atoms with van der Waals surface area (Å²) in [6.07, 6.45) is -2.62. The van der Waals surface area contributed by atoms with Gasteiger partial charge in [0.25, 0.3) is 5.56 Å². The van der Waals surface area contributed by atoms with Crippen LogP contribution in [-0.4, -0.2) is 40.1 Å². The van der Waals surface area contributed by atoms with Crippen molar-refractivity contribution in [1.29, 1.82) is 0 Å². The molecule has 10 nitrogen and oxygen atoms in total. The average molecular weight is 590 g/mol. The van der Waals surface area contributed by atoms with E-state index in [1.54, 1.807) is 30.3 Å². The minimum Gasteiger partial charge on any atom is -0.413 e. The number of aromatic amines is 1. The van der Waals surface area contributed by atoms with Crippen molar-refractivity contribution >= 4 is 7.75 Å². The molecule has 1 unspecified atom stereocenters. The van der Waals surface area contributed by atoms with Crippen LogP contribution < -0.4 is 20.9 Å². The van der Waals surface area contributed by atoms with Gasteiger partial charge < -0.3 is 14.0 Å². The molecule has 1 aliphatic heterocycles. The number of aromatic nitrogens is 2. The molecule has 41 heavy (non-hydrogen) atoms. The zero-order valence-corrected chi connectivity index (χ0v) is 24.7. The molecule has 1 saturated heterocycles. The Bertz CT molecular complexity index is 1460. The van der Waals surface area contributed by atoms with Crippen LogP contribution in [0.25, 0.3) is 0 Å². The minimum absolute atomic E-state index is 0.0539. The van der Waals surface area contributed by atoms with Crippen LogP contribution in [0, 0.1) is 12.8 Å². The molecule has 222 valence electrons. The Hall–Kier alpha value is -3.08. The molecule has 12 heteroatoms. The van der Waals surface area contributed by atoms with Gasteiger partial charge in [-0.3, -0.25) is 18.9 Å². The Morgan fingerprint density at radius 3 is 2.41 bits per heavy atom. The van der Waals surface area contributed by atoms with E-state index in [1.165, 1.54) is 13.1 Å². The van der Waals surface area contributed by atoms with Crippen molar-refractivity contribution in [2.75, 3.05) is 6.61 Å². The third-order valence-corrected chi connectivity index (χ3v) is 8.74.